The maximum Gasteiger partial charge on any atom is 0.277 e. The van der Waals surface area contributed by atoms with Gasteiger partial charge in [0.1, 0.15) is 0 Å². The maximum absolute atomic E-state index is 12.3. The Morgan fingerprint density at radius 2 is 1.88 bits per heavy atom. The number of aromatic hydroxyl groups is 1. The molecule has 25 heavy (non-hydrogen) atoms. The molecule has 1 amide bonds. The molecule has 4 rings (SSSR count). The van der Waals surface area contributed by atoms with E-state index in [1.54, 1.807) is 6.08 Å². The van der Waals surface area contributed by atoms with Crippen LogP contribution < -0.4 is 10.6 Å². The number of benzene rings is 2. The van der Waals surface area contributed by atoms with Crippen LogP contribution in [0.15, 0.2) is 65.2 Å². The van der Waals surface area contributed by atoms with Crippen LogP contribution >= 0.6 is 0 Å². The van der Waals surface area contributed by atoms with Gasteiger partial charge in [0, 0.05) is 22.0 Å². The van der Waals surface area contributed by atoms with Crippen LogP contribution in [0.1, 0.15) is 11.1 Å². The molecule has 2 N–H and O–H groups in total. The molecular formula is C21H16N2O2. The van der Waals surface area contributed by atoms with Gasteiger partial charge in [-0.05, 0) is 42.8 Å². The summed E-state index contributed by atoms with van der Waals surface area (Å²) in [6.45, 7) is 2.00. The van der Waals surface area contributed by atoms with Crippen molar-refractivity contribution in [3.05, 3.63) is 81.9 Å². The number of aromatic nitrogens is 1. The zero-order valence-electron chi connectivity index (χ0n) is 13.7. The van der Waals surface area contributed by atoms with E-state index in [4.69, 9.17) is 0 Å². The number of amides is 1. The molecule has 0 fully saturated rings. The minimum absolute atomic E-state index is 0.0302. The predicted octanol–water partition coefficient (Wildman–Crippen LogP) is 2.72. The average Bonchev–Trinajstić information content (AvgIpc) is 2.97. The third-order valence-corrected chi connectivity index (χ3v) is 4.19. The van der Waals surface area contributed by atoms with Gasteiger partial charge in [-0.2, -0.15) is 0 Å². The molecule has 0 unspecified atom stereocenters. The Labute approximate surface area is 144 Å². The number of hydrogen-bond donors (Lipinski definition) is 2. The van der Waals surface area contributed by atoms with Crippen molar-refractivity contribution in [2.45, 2.75) is 6.92 Å². The second kappa shape index (κ2) is 5.91. The van der Waals surface area contributed by atoms with Gasteiger partial charge in [-0.25, -0.2) is 4.99 Å². The Bertz CT molecular complexity index is 1120. The lowest BCUT2D eigenvalue weighted by atomic mass is 10.1. The number of hydrogen-bond acceptors (Lipinski definition) is 2. The molecule has 0 bridgehead atoms. The summed E-state index contributed by atoms with van der Waals surface area (Å²) in [7, 11) is 0. The predicted molar refractivity (Wildman–Crippen MR) is 97.3 cm³/mol. The first-order valence-electron chi connectivity index (χ1n) is 8.01. The van der Waals surface area contributed by atoms with Gasteiger partial charge in [-0.1, -0.05) is 42.0 Å². The molecule has 4 nitrogen and oxygen atoms in total. The highest BCUT2D eigenvalue weighted by molar-refractivity contribution is 6.07. The van der Waals surface area contributed by atoms with Crippen LogP contribution in [-0.2, 0) is 4.79 Å². The van der Waals surface area contributed by atoms with Crippen LogP contribution in [0, 0.1) is 6.92 Å². The normalized spacial score (nSPS) is 14.8. The zero-order valence-corrected chi connectivity index (χ0v) is 13.7. The molecule has 4 heteroatoms. The second-order valence-corrected chi connectivity index (χ2v) is 6.08. The zero-order chi connectivity index (χ0) is 17.4. The minimum Gasteiger partial charge on any atom is -0.494 e. The van der Waals surface area contributed by atoms with E-state index < -0.39 is 0 Å². The first-order chi connectivity index (χ1) is 12.1. The Hall–Kier alpha value is -3.40. The molecule has 0 aliphatic carbocycles. The van der Waals surface area contributed by atoms with Crippen molar-refractivity contribution in [1.29, 1.82) is 0 Å². The van der Waals surface area contributed by atoms with Crippen LogP contribution in [0.2, 0.25) is 0 Å². The number of rotatable bonds is 2. The third-order valence-electron chi connectivity index (χ3n) is 4.19. The van der Waals surface area contributed by atoms with E-state index in [2.05, 4.69) is 9.98 Å². The fourth-order valence-electron chi connectivity index (χ4n) is 2.91. The minimum atomic E-state index is -0.307. The van der Waals surface area contributed by atoms with Crippen molar-refractivity contribution in [1.82, 2.24) is 4.98 Å². The summed E-state index contributed by atoms with van der Waals surface area (Å²) in [4.78, 5) is 19.4. The first-order valence-corrected chi connectivity index (χ1v) is 8.01. The van der Waals surface area contributed by atoms with Gasteiger partial charge in [0.15, 0.2) is 5.88 Å². The topological polar surface area (TPSA) is 65.4 Å². The molecule has 0 atom stereocenters. The number of carbonyl (C=O) groups is 1. The van der Waals surface area contributed by atoms with Crippen molar-refractivity contribution >= 4 is 18.1 Å². The molecule has 1 aromatic heterocycles. The SMILES string of the molecule is Cc1ccc2c(c1)=C/C(=C\c1cc(-c3ccccc3)[nH]c1O)C(=O)N=2. The van der Waals surface area contributed by atoms with Crippen LogP contribution in [0.5, 0.6) is 5.88 Å². The number of nitrogens with zero attached hydrogens (tertiary/aromatic N) is 1. The van der Waals surface area contributed by atoms with Crippen molar-refractivity contribution < 1.29 is 9.90 Å². The highest BCUT2D eigenvalue weighted by atomic mass is 16.3. The van der Waals surface area contributed by atoms with E-state index in [1.807, 2.05) is 67.6 Å². The van der Waals surface area contributed by atoms with Crippen molar-refractivity contribution in [3.8, 4) is 17.1 Å². The van der Waals surface area contributed by atoms with Gasteiger partial charge in [-0.3, -0.25) is 4.79 Å². The van der Waals surface area contributed by atoms with E-state index in [0.29, 0.717) is 16.5 Å². The average molecular weight is 328 g/mol. The first kappa shape index (κ1) is 15.1. The van der Waals surface area contributed by atoms with Crippen LogP contribution in [0.3, 0.4) is 0 Å². The Kier molecular flexibility index (Phi) is 3.58. The number of aromatic amines is 1. The fourth-order valence-corrected chi connectivity index (χ4v) is 2.91. The highest BCUT2D eigenvalue weighted by Gasteiger charge is 2.13. The van der Waals surface area contributed by atoms with E-state index in [1.165, 1.54) is 0 Å². The van der Waals surface area contributed by atoms with Gasteiger partial charge in [0.2, 0.25) is 0 Å². The lowest BCUT2D eigenvalue weighted by Crippen LogP contribution is -2.30. The molecule has 3 aromatic rings. The fraction of sp³-hybridized carbons (Fsp3) is 0.0476. The van der Waals surface area contributed by atoms with Crippen LogP contribution in [-0.4, -0.2) is 16.0 Å². The number of fused-ring (bicyclic) bond motifs is 1. The summed E-state index contributed by atoms with van der Waals surface area (Å²) in [6, 6.07) is 17.3. The van der Waals surface area contributed by atoms with E-state index >= 15 is 0 Å². The lowest BCUT2D eigenvalue weighted by molar-refractivity contribution is -0.114. The summed E-state index contributed by atoms with van der Waals surface area (Å²) >= 11 is 0. The van der Waals surface area contributed by atoms with E-state index in [-0.39, 0.29) is 11.8 Å². The number of carbonyl (C=O) groups excluding carboxylic acids is 1. The molecular weight excluding hydrogens is 312 g/mol. The molecule has 0 spiro atoms. The summed E-state index contributed by atoms with van der Waals surface area (Å²) < 4.78 is 0. The van der Waals surface area contributed by atoms with Gasteiger partial charge < -0.3 is 10.1 Å². The number of aryl methyl sites for hydroxylation is 1. The molecule has 2 aromatic carbocycles. The molecule has 0 saturated carbocycles. The highest BCUT2D eigenvalue weighted by Crippen LogP contribution is 2.27. The van der Waals surface area contributed by atoms with E-state index in [9.17, 15) is 9.90 Å². The molecule has 0 saturated heterocycles. The van der Waals surface area contributed by atoms with Crippen LogP contribution in [0.25, 0.3) is 23.4 Å². The van der Waals surface area contributed by atoms with Gasteiger partial charge >= 0.3 is 0 Å². The molecule has 1 aliphatic heterocycles. The molecule has 1 aliphatic rings. The number of H-pyrrole nitrogens is 1. The summed E-state index contributed by atoms with van der Waals surface area (Å²) in [5.74, 6) is -0.277. The summed E-state index contributed by atoms with van der Waals surface area (Å²) in [5, 5.41) is 11.8. The largest absolute Gasteiger partial charge is 0.494 e. The quantitative estimate of drug-likeness (QED) is 0.710. The lowest BCUT2D eigenvalue weighted by Gasteiger charge is -2.03. The smallest absolute Gasteiger partial charge is 0.277 e. The van der Waals surface area contributed by atoms with Crippen molar-refractivity contribution in [2.75, 3.05) is 0 Å². The third kappa shape index (κ3) is 2.90. The Morgan fingerprint density at radius 3 is 2.68 bits per heavy atom. The molecule has 0 radical (unpaired) electrons. The summed E-state index contributed by atoms with van der Waals surface area (Å²) in [6.07, 6.45) is 3.47. The van der Waals surface area contributed by atoms with E-state index in [0.717, 1.165) is 22.0 Å². The molecule has 2 heterocycles. The summed E-state index contributed by atoms with van der Waals surface area (Å²) in [5.41, 5.74) is 3.87. The van der Waals surface area contributed by atoms with Gasteiger partial charge in [-0.15, -0.1) is 0 Å². The standard InChI is InChI=1S/C21H16N2O2/c1-13-7-8-18-15(9-13)10-16(20(24)22-18)11-17-12-19(23-21(17)25)14-5-3-2-4-6-14/h2-12,23,25H,1H3/b16-11+. The van der Waals surface area contributed by atoms with Crippen molar-refractivity contribution in [2.24, 2.45) is 4.99 Å². The van der Waals surface area contributed by atoms with Crippen molar-refractivity contribution in [3.63, 3.8) is 0 Å². The maximum atomic E-state index is 12.3. The molecule has 122 valence electrons. The Balaban J connectivity index is 1.79. The van der Waals surface area contributed by atoms with Gasteiger partial charge in [0.05, 0.1) is 5.36 Å². The van der Waals surface area contributed by atoms with Crippen LogP contribution in [0.4, 0.5) is 0 Å². The number of nitrogens with one attached hydrogen (secondary N) is 1. The Morgan fingerprint density at radius 1 is 1.08 bits per heavy atom. The van der Waals surface area contributed by atoms with Gasteiger partial charge in [0.25, 0.3) is 5.91 Å². The second-order valence-electron chi connectivity index (χ2n) is 6.08. The monoisotopic (exact) mass is 328 g/mol.